The third kappa shape index (κ3) is 9.06. The highest BCUT2D eigenvalue weighted by molar-refractivity contribution is 7.80. The van der Waals surface area contributed by atoms with Crippen molar-refractivity contribution in [3.63, 3.8) is 0 Å². The van der Waals surface area contributed by atoms with E-state index < -0.39 is 8.32 Å². The second-order valence-electron chi connectivity index (χ2n) is 9.24. The van der Waals surface area contributed by atoms with E-state index in [0.717, 1.165) is 12.2 Å². The molecule has 0 heterocycles. The van der Waals surface area contributed by atoms with E-state index in [1.54, 1.807) is 0 Å². The lowest BCUT2D eigenvalue weighted by atomic mass is 10.0. The fourth-order valence-corrected chi connectivity index (χ4v) is 4.20. The predicted molar refractivity (Wildman–Crippen MR) is 128 cm³/mol. The zero-order chi connectivity index (χ0) is 21.2. The van der Waals surface area contributed by atoms with Crippen molar-refractivity contribution < 1.29 is 9.16 Å². The average molecular weight is 424 g/mol. The lowest BCUT2D eigenvalue weighted by Gasteiger charge is -2.38. The Morgan fingerprint density at radius 2 is 1.61 bits per heavy atom. The molecule has 0 bridgehead atoms. The Morgan fingerprint density at radius 1 is 1.04 bits per heavy atom. The molecule has 28 heavy (non-hydrogen) atoms. The van der Waals surface area contributed by atoms with E-state index >= 15 is 0 Å². The van der Waals surface area contributed by atoms with Crippen molar-refractivity contribution in [3.8, 4) is 5.75 Å². The number of nitrogens with two attached hydrogens (primary N) is 1. The van der Waals surface area contributed by atoms with Gasteiger partial charge in [-0.05, 0) is 48.7 Å². The van der Waals surface area contributed by atoms with Crippen LogP contribution in [0.1, 0.15) is 71.8 Å². The van der Waals surface area contributed by atoms with Gasteiger partial charge in [-0.25, -0.2) is 0 Å². The Kier molecular flexibility index (Phi) is 10.7. The molecule has 0 saturated heterocycles. The van der Waals surface area contributed by atoms with Gasteiger partial charge in [0.1, 0.15) is 23.4 Å². The molecule has 1 unspecified atom stereocenters. The van der Waals surface area contributed by atoms with Gasteiger partial charge in [0.15, 0.2) is 8.32 Å². The molecule has 1 aromatic carbocycles. The summed E-state index contributed by atoms with van der Waals surface area (Å²) in [6.07, 6.45) is 8.74. The van der Waals surface area contributed by atoms with Crippen molar-refractivity contribution >= 4 is 25.5 Å². The van der Waals surface area contributed by atoms with Crippen LogP contribution in [0.2, 0.25) is 18.1 Å². The highest BCUT2D eigenvalue weighted by atomic mass is 32.1. The first-order valence-electron chi connectivity index (χ1n) is 10.8. The standard InChI is InChI=1S/C23H41NO2SSi/c1-7-8-9-10-11-12-13-19-14-16-20(17-15-19)25-18-21(22(24)27)26-28(5,6)23(2,3)4/h14-17,21H,7-13,18H2,1-6H3,(H2,24,27). The third-order valence-electron chi connectivity index (χ3n) is 5.70. The number of aryl methyl sites for hydroxylation is 1. The number of thiocarbonyl (C=S) groups is 1. The zero-order valence-electron chi connectivity index (χ0n) is 18.8. The zero-order valence-corrected chi connectivity index (χ0v) is 20.7. The number of benzene rings is 1. The van der Waals surface area contributed by atoms with Crippen LogP contribution in [0.25, 0.3) is 0 Å². The van der Waals surface area contributed by atoms with Gasteiger partial charge in [0, 0.05) is 0 Å². The number of unbranched alkanes of at least 4 members (excludes halogenated alkanes) is 5. The average Bonchev–Trinajstić information content (AvgIpc) is 2.61. The van der Waals surface area contributed by atoms with Gasteiger partial charge in [-0.15, -0.1) is 0 Å². The number of hydrogen-bond donors (Lipinski definition) is 1. The van der Waals surface area contributed by atoms with Gasteiger partial charge in [0.2, 0.25) is 0 Å². The molecular weight excluding hydrogens is 382 g/mol. The molecule has 0 aliphatic carbocycles. The van der Waals surface area contributed by atoms with Crippen LogP contribution in [0.3, 0.4) is 0 Å². The summed E-state index contributed by atoms with van der Waals surface area (Å²) in [5.41, 5.74) is 7.29. The van der Waals surface area contributed by atoms with Gasteiger partial charge in [0.05, 0.1) is 0 Å². The van der Waals surface area contributed by atoms with E-state index in [0.29, 0.717) is 11.6 Å². The Morgan fingerprint density at radius 3 is 2.14 bits per heavy atom. The molecular formula is C23H41NO2SSi. The maximum atomic E-state index is 6.35. The van der Waals surface area contributed by atoms with Crippen LogP contribution in [0, 0.1) is 0 Å². The molecule has 0 fully saturated rings. The minimum Gasteiger partial charge on any atom is -0.490 e. The van der Waals surface area contributed by atoms with Crippen molar-refractivity contribution in [2.24, 2.45) is 5.73 Å². The van der Waals surface area contributed by atoms with Crippen molar-refractivity contribution in [2.75, 3.05) is 6.61 Å². The van der Waals surface area contributed by atoms with E-state index in [-0.39, 0.29) is 11.1 Å². The molecule has 0 aromatic heterocycles. The molecule has 3 nitrogen and oxygen atoms in total. The molecule has 0 radical (unpaired) electrons. The van der Waals surface area contributed by atoms with E-state index in [2.05, 4.69) is 52.9 Å². The largest absolute Gasteiger partial charge is 0.490 e. The van der Waals surface area contributed by atoms with Crippen molar-refractivity contribution in [3.05, 3.63) is 29.8 Å². The molecule has 160 valence electrons. The molecule has 5 heteroatoms. The molecule has 0 aliphatic heterocycles. The molecule has 1 aromatic rings. The fourth-order valence-electron chi connectivity index (χ4n) is 2.74. The smallest absolute Gasteiger partial charge is 0.193 e. The SMILES string of the molecule is CCCCCCCCc1ccc(OCC(O[Si](C)(C)C(C)(C)C)C(N)=S)cc1. The molecule has 0 spiro atoms. The summed E-state index contributed by atoms with van der Waals surface area (Å²) in [7, 11) is -1.95. The van der Waals surface area contributed by atoms with E-state index in [4.69, 9.17) is 27.1 Å². The fraction of sp³-hybridized carbons (Fsp3) is 0.696. The van der Waals surface area contributed by atoms with Crippen LogP contribution >= 0.6 is 12.2 Å². The summed E-state index contributed by atoms with van der Waals surface area (Å²) in [5, 5.41) is 0.105. The van der Waals surface area contributed by atoms with E-state index in [1.165, 1.54) is 44.1 Å². The summed E-state index contributed by atoms with van der Waals surface area (Å²) >= 11 is 5.22. The first-order chi connectivity index (χ1) is 13.1. The summed E-state index contributed by atoms with van der Waals surface area (Å²) < 4.78 is 12.3. The maximum absolute atomic E-state index is 6.35. The highest BCUT2D eigenvalue weighted by Crippen LogP contribution is 2.37. The van der Waals surface area contributed by atoms with Gasteiger partial charge >= 0.3 is 0 Å². The van der Waals surface area contributed by atoms with Crippen molar-refractivity contribution in [1.82, 2.24) is 0 Å². The molecule has 1 atom stereocenters. The van der Waals surface area contributed by atoms with Crippen LogP contribution in [-0.4, -0.2) is 26.0 Å². The second-order valence-corrected chi connectivity index (χ2v) is 14.5. The quantitative estimate of drug-likeness (QED) is 0.219. The van der Waals surface area contributed by atoms with E-state index in [9.17, 15) is 0 Å². The minimum atomic E-state index is -1.95. The topological polar surface area (TPSA) is 44.5 Å². The van der Waals surface area contributed by atoms with Crippen molar-refractivity contribution in [2.45, 2.75) is 96.9 Å². The first-order valence-corrected chi connectivity index (χ1v) is 14.1. The number of hydrogen-bond acceptors (Lipinski definition) is 3. The molecule has 0 amide bonds. The summed E-state index contributed by atoms with van der Waals surface area (Å²) in [5.74, 6) is 0.840. The van der Waals surface area contributed by atoms with Gasteiger partial charge in [-0.1, -0.05) is 84.1 Å². The summed E-state index contributed by atoms with van der Waals surface area (Å²) in [6.45, 7) is 13.6. The normalized spacial score (nSPS) is 13.4. The van der Waals surface area contributed by atoms with Crippen LogP contribution in [0.15, 0.2) is 24.3 Å². The molecule has 0 aliphatic rings. The van der Waals surface area contributed by atoms with Crippen LogP contribution < -0.4 is 10.5 Å². The van der Waals surface area contributed by atoms with Crippen molar-refractivity contribution in [1.29, 1.82) is 0 Å². The maximum Gasteiger partial charge on any atom is 0.193 e. The monoisotopic (exact) mass is 423 g/mol. The Balaban J connectivity index is 2.48. The van der Waals surface area contributed by atoms with E-state index in [1.807, 2.05) is 12.1 Å². The summed E-state index contributed by atoms with van der Waals surface area (Å²) in [4.78, 5) is 0.365. The Hall–Kier alpha value is -0.913. The van der Waals surface area contributed by atoms with Crippen LogP contribution in [-0.2, 0) is 10.8 Å². The molecule has 0 saturated carbocycles. The lowest BCUT2D eigenvalue weighted by Crippen LogP contribution is -2.49. The predicted octanol–water partition coefficient (Wildman–Crippen LogP) is 6.64. The molecule has 1 rings (SSSR count). The van der Waals surface area contributed by atoms with Gasteiger partial charge in [-0.3, -0.25) is 0 Å². The Labute approximate surface area is 179 Å². The van der Waals surface area contributed by atoms with Crippen LogP contribution in [0.4, 0.5) is 0 Å². The van der Waals surface area contributed by atoms with Gasteiger partial charge < -0.3 is 14.9 Å². The van der Waals surface area contributed by atoms with Crippen LogP contribution in [0.5, 0.6) is 5.75 Å². The Bertz CT molecular complexity index is 581. The molecule has 2 N–H and O–H groups in total. The third-order valence-corrected chi connectivity index (χ3v) is 10.5. The second kappa shape index (κ2) is 11.9. The van der Waals surface area contributed by atoms with Gasteiger partial charge in [-0.2, -0.15) is 0 Å². The number of ether oxygens (including phenoxy) is 1. The summed E-state index contributed by atoms with van der Waals surface area (Å²) in [6, 6.07) is 8.39. The number of rotatable bonds is 13. The lowest BCUT2D eigenvalue weighted by molar-refractivity contribution is 0.164. The minimum absolute atomic E-state index is 0.105. The highest BCUT2D eigenvalue weighted by Gasteiger charge is 2.39. The van der Waals surface area contributed by atoms with Gasteiger partial charge in [0.25, 0.3) is 0 Å². The first kappa shape index (κ1) is 25.1.